The number of nitrogens with zero attached hydrogens (tertiary/aromatic N) is 2. The predicted molar refractivity (Wildman–Crippen MR) is 96.8 cm³/mol. The number of aryl methyl sites for hydroxylation is 2. The Hall–Kier alpha value is -1.17. The molecule has 1 aliphatic heterocycles. The van der Waals surface area contributed by atoms with E-state index < -0.39 is 0 Å². The minimum Gasteiger partial charge on any atom is -0.446 e. The third kappa shape index (κ3) is 3.84. The maximum absolute atomic E-state index is 6.42. The van der Waals surface area contributed by atoms with Crippen molar-refractivity contribution in [3.8, 4) is 0 Å². The molecule has 1 aromatic carbocycles. The van der Waals surface area contributed by atoms with Crippen LogP contribution < -0.4 is 5.32 Å². The number of oxazole rings is 1. The summed E-state index contributed by atoms with van der Waals surface area (Å²) in [5.41, 5.74) is 1.86. The zero-order valence-electron chi connectivity index (χ0n) is 12.9. The SMILES string of the molecule is Cc1nc(CC(NC2=NCCS2)c2cccc(Cl)c2Cl)c(C)o1. The van der Waals surface area contributed by atoms with Crippen LogP contribution in [0.1, 0.15) is 29.0 Å². The highest BCUT2D eigenvalue weighted by molar-refractivity contribution is 8.14. The molecule has 1 N–H and O–H groups in total. The summed E-state index contributed by atoms with van der Waals surface area (Å²) in [6, 6.07) is 5.61. The fraction of sp³-hybridized carbons (Fsp3) is 0.375. The summed E-state index contributed by atoms with van der Waals surface area (Å²) in [7, 11) is 0. The van der Waals surface area contributed by atoms with Crippen molar-refractivity contribution in [3.05, 3.63) is 51.2 Å². The number of nitrogens with one attached hydrogen (secondary N) is 1. The number of hydrogen-bond donors (Lipinski definition) is 1. The van der Waals surface area contributed by atoms with Crippen LogP contribution in [0.15, 0.2) is 27.6 Å². The second-order valence-corrected chi connectivity index (χ2v) is 7.18. The van der Waals surface area contributed by atoms with Gasteiger partial charge < -0.3 is 9.73 Å². The Balaban J connectivity index is 1.92. The van der Waals surface area contributed by atoms with E-state index in [0.717, 1.165) is 34.5 Å². The third-order valence-electron chi connectivity index (χ3n) is 3.64. The summed E-state index contributed by atoms with van der Waals surface area (Å²) in [5, 5.41) is 5.52. The van der Waals surface area contributed by atoms with Gasteiger partial charge in [-0.25, -0.2) is 4.98 Å². The van der Waals surface area contributed by atoms with Gasteiger partial charge in [0.2, 0.25) is 0 Å². The molecule has 2 heterocycles. The van der Waals surface area contributed by atoms with Gasteiger partial charge in [-0.3, -0.25) is 4.99 Å². The number of thioether (sulfide) groups is 1. The molecule has 2 aromatic rings. The number of amidine groups is 1. The summed E-state index contributed by atoms with van der Waals surface area (Å²) in [4.78, 5) is 8.94. The summed E-state index contributed by atoms with van der Waals surface area (Å²) in [6.07, 6.45) is 0.656. The van der Waals surface area contributed by atoms with Crippen molar-refractivity contribution < 1.29 is 4.42 Å². The first-order chi connectivity index (χ1) is 11.0. The first-order valence-electron chi connectivity index (χ1n) is 7.35. The highest BCUT2D eigenvalue weighted by Gasteiger charge is 2.22. The summed E-state index contributed by atoms with van der Waals surface area (Å²) in [6.45, 7) is 4.61. The fourth-order valence-corrected chi connectivity index (χ4v) is 3.78. The smallest absolute Gasteiger partial charge is 0.191 e. The molecule has 0 bridgehead atoms. The molecule has 0 aliphatic carbocycles. The quantitative estimate of drug-likeness (QED) is 0.856. The van der Waals surface area contributed by atoms with Crippen molar-refractivity contribution in [2.45, 2.75) is 26.3 Å². The highest BCUT2D eigenvalue weighted by Crippen LogP contribution is 2.32. The fourth-order valence-electron chi connectivity index (χ4n) is 2.55. The Bertz CT molecular complexity index is 745. The topological polar surface area (TPSA) is 50.4 Å². The molecule has 122 valence electrons. The molecule has 23 heavy (non-hydrogen) atoms. The van der Waals surface area contributed by atoms with Crippen molar-refractivity contribution >= 4 is 40.1 Å². The van der Waals surface area contributed by atoms with E-state index in [-0.39, 0.29) is 6.04 Å². The van der Waals surface area contributed by atoms with Crippen LogP contribution >= 0.6 is 35.0 Å². The van der Waals surface area contributed by atoms with Gasteiger partial charge in [0.05, 0.1) is 28.3 Å². The Morgan fingerprint density at radius 3 is 2.83 bits per heavy atom. The number of aromatic nitrogens is 1. The molecule has 1 aliphatic rings. The zero-order chi connectivity index (χ0) is 16.4. The number of rotatable bonds is 4. The Morgan fingerprint density at radius 2 is 2.17 bits per heavy atom. The minimum atomic E-state index is -0.0613. The molecule has 4 nitrogen and oxygen atoms in total. The lowest BCUT2D eigenvalue weighted by atomic mass is 10.0. The van der Waals surface area contributed by atoms with Crippen LogP contribution in [0.5, 0.6) is 0 Å². The molecule has 1 atom stereocenters. The van der Waals surface area contributed by atoms with E-state index in [4.69, 9.17) is 27.6 Å². The lowest BCUT2D eigenvalue weighted by Crippen LogP contribution is -2.27. The normalized spacial score (nSPS) is 15.6. The van der Waals surface area contributed by atoms with Gasteiger partial charge in [-0.2, -0.15) is 0 Å². The Kier molecular flexibility index (Phi) is 5.19. The molecule has 0 amide bonds. The van der Waals surface area contributed by atoms with Gasteiger partial charge in [0.25, 0.3) is 0 Å². The van der Waals surface area contributed by atoms with Gasteiger partial charge in [-0.15, -0.1) is 0 Å². The van der Waals surface area contributed by atoms with Crippen LogP contribution in [0.3, 0.4) is 0 Å². The van der Waals surface area contributed by atoms with Crippen LogP contribution in [0.25, 0.3) is 0 Å². The number of hydrogen-bond acceptors (Lipinski definition) is 5. The van der Waals surface area contributed by atoms with Gasteiger partial charge >= 0.3 is 0 Å². The van der Waals surface area contributed by atoms with Gasteiger partial charge in [-0.05, 0) is 18.6 Å². The van der Waals surface area contributed by atoms with E-state index in [1.807, 2.05) is 26.0 Å². The first-order valence-corrected chi connectivity index (χ1v) is 9.09. The highest BCUT2D eigenvalue weighted by atomic mass is 35.5. The average Bonchev–Trinajstić information content (AvgIpc) is 3.11. The van der Waals surface area contributed by atoms with Crippen LogP contribution in [-0.2, 0) is 6.42 Å². The Labute approximate surface area is 149 Å². The van der Waals surface area contributed by atoms with E-state index in [2.05, 4.69) is 15.3 Å². The monoisotopic (exact) mass is 369 g/mol. The molecular formula is C16H17Cl2N3OS. The molecule has 0 saturated carbocycles. The third-order valence-corrected chi connectivity index (χ3v) is 5.38. The molecule has 3 rings (SSSR count). The standard InChI is InChI=1S/C16H17Cl2N3OS/c1-9-13(20-10(2)22-9)8-14(21-16-19-6-7-23-16)11-4-3-5-12(17)15(11)18/h3-5,14H,6-8H2,1-2H3,(H,19,21). The van der Waals surface area contributed by atoms with Crippen molar-refractivity contribution in [1.82, 2.24) is 10.3 Å². The van der Waals surface area contributed by atoms with Gasteiger partial charge in [0.15, 0.2) is 11.1 Å². The van der Waals surface area contributed by atoms with E-state index >= 15 is 0 Å². The first kappa shape index (κ1) is 16.7. The molecule has 7 heteroatoms. The largest absolute Gasteiger partial charge is 0.446 e. The van der Waals surface area contributed by atoms with Crippen molar-refractivity contribution in [2.75, 3.05) is 12.3 Å². The van der Waals surface area contributed by atoms with Crippen LogP contribution in [0.2, 0.25) is 10.0 Å². The number of aliphatic imine (C=N–C) groups is 1. The number of benzene rings is 1. The van der Waals surface area contributed by atoms with Gasteiger partial charge in [-0.1, -0.05) is 47.1 Å². The van der Waals surface area contributed by atoms with Crippen LogP contribution in [-0.4, -0.2) is 22.4 Å². The lowest BCUT2D eigenvalue weighted by molar-refractivity contribution is 0.491. The van der Waals surface area contributed by atoms with Gasteiger partial charge in [0.1, 0.15) is 5.76 Å². The van der Waals surface area contributed by atoms with Crippen LogP contribution in [0.4, 0.5) is 0 Å². The average molecular weight is 370 g/mol. The van der Waals surface area contributed by atoms with E-state index in [1.165, 1.54) is 0 Å². The summed E-state index contributed by atoms with van der Waals surface area (Å²) >= 11 is 14.3. The Morgan fingerprint density at radius 1 is 1.35 bits per heavy atom. The molecule has 1 aromatic heterocycles. The van der Waals surface area contributed by atoms with Crippen LogP contribution in [0, 0.1) is 13.8 Å². The molecule has 0 spiro atoms. The maximum Gasteiger partial charge on any atom is 0.191 e. The van der Waals surface area contributed by atoms with Crippen molar-refractivity contribution in [1.29, 1.82) is 0 Å². The lowest BCUT2D eigenvalue weighted by Gasteiger charge is -2.21. The zero-order valence-corrected chi connectivity index (χ0v) is 15.2. The predicted octanol–water partition coefficient (Wildman–Crippen LogP) is 4.57. The second-order valence-electron chi connectivity index (χ2n) is 5.32. The maximum atomic E-state index is 6.42. The molecular weight excluding hydrogens is 353 g/mol. The summed E-state index contributed by atoms with van der Waals surface area (Å²) in [5.74, 6) is 2.50. The van der Waals surface area contributed by atoms with Crippen molar-refractivity contribution in [3.63, 3.8) is 0 Å². The van der Waals surface area contributed by atoms with E-state index in [9.17, 15) is 0 Å². The molecule has 0 radical (unpaired) electrons. The molecule has 0 fully saturated rings. The van der Waals surface area contributed by atoms with Gasteiger partial charge in [0, 0.05) is 19.1 Å². The molecule has 0 saturated heterocycles. The number of halogens is 2. The van der Waals surface area contributed by atoms with Crippen molar-refractivity contribution in [2.24, 2.45) is 4.99 Å². The minimum absolute atomic E-state index is 0.0613. The second kappa shape index (κ2) is 7.16. The van der Waals surface area contributed by atoms with E-state index in [1.54, 1.807) is 17.8 Å². The summed E-state index contributed by atoms with van der Waals surface area (Å²) < 4.78 is 5.54. The van der Waals surface area contributed by atoms with E-state index in [0.29, 0.717) is 22.4 Å². The molecule has 1 unspecified atom stereocenters.